The highest BCUT2D eigenvalue weighted by atomic mass is 16.3. The standard InChI is InChI=1S/C15H24O2/c1-6-12(16)9-15(4,5)14-11(3)7-10(2)8-13(14)17/h8,13,17H,6-7,9H2,1-5H3. The van der Waals surface area contributed by atoms with Crippen LogP contribution >= 0.6 is 0 Å². The molecular formula is C15H24O2. The molecule has 0 aromatic carbocycles. The number of ketones is 1. The number of Topliss-reactive ketones (excluding diaryl/α,β-unsaturated/α-hetero) is 1. The first-order chi connectivity index (χ1) is 7.77. The minimum Gasteiger partial charge on any atom is -0.385 e. The van der Waals surface area contributed by atoms with Crippen molar-refractivity contribution in [3.05, 3.63) is 22.8 Å². The normalized spacial score (nSPS) is 21.5. The largest absolute Gasteiger partial charge is 0.385 e. The zero-order valence-corrected chi connectivity index (χ0v) is 11.6. The summed E-state index contributed by atoms with van der Waals surface area (Å²) < 4.78 is 0. The Bertz CT molecular complexity index is 372. The van der Waals surface area contributed by atoms with E-state index in [1.807, 2.05) is 19.9 Å². The van der Waals surface area contributed by atoms with Crippen LogP contribution in [-0.2, 0) is 4.79 Å². The first-order valence-corrected chi connectivity index (χ1v) is 6.35. The van der Waals surface area contributed by atoms with Gasteiger partial charge in [0, 0.05) is 12.8 Å². The van der Waals surface area contributed by atoms with Crippen molar-refractivity contribution < 1.29 is 9.90 Å². The molecule has 1 unspecified atom stereocenters. The molecule has 0 radical (unpaired) electrons. The van der Waals surface area contributed by atoms with E-state index in [9.17, 15) is 9.90 Å². The Kier molecular flexibility index (Phi) is 4.31. The van der Waals surface area contributed by atoms with Crippen LogP contribution < -0.4 is 0 Å². The topological polar surface area (TPSA) is 37.3 Å². The Morgan fingerprint density at radius 2 is 2.06 bits per heavy atom. The third kappa shape index (κ3) is 3.29. The molecule has 0 aliphatic heterocycles. The van der Waals surface area contributed by atoms with Gasteiger partial charge in [-0.1, -0.05) is 38.0 Å². The van der Waals surface area contributed by atoms with E-state index < -0.39 is 6.10 Å². The maximum absolute atomic E-state index is 11.6. The van der Waals surface area contributed by atoms with Gasteiger partial charge in [-0.25, -0.2) is 0 Å². The highest BCUT2D eigenvalue weighted by Crippen LogP contribution is 2.39. The second-order valence-corrected chi connectivity index (χ2v) is 5.78. The van der Waals surface area contributed by atoms with Crippen molar-refractivity contribution >= 4 is 5.78 Å². The van der Waals surface area contributed by atoms with Crippen LogP contribution in [0.2, 0.25) is 0 Å². The van der Waals surface area contributed by atoms with Crippen molar-refractivity contribution in [3.63, 3.8) is 0 Å². The SMILES string of the molecule is CCC(=O)CC(C)(C)C1=C(C)CC(C)=CC1O. The summed E-state index contributed by atoms with van der Waals surface area (Å²) in [6, 6.07) is 0. The van der Waals surface area contributed by atoms with E-state index in [1.165, 1.54) is 11.1 Å². The highest BCUT2D eigenvalue weighted by molar-refractivity contribution is 5.79. The maximum Gasteiger partial charge on any atom is 0.133 e. The summed E-state index contributed by atoms with van der Waals surface area (Å²) in [6.07, 6.45) is 3.38. The second kappa shape index (κ2) is 5.18. The Labute approximate surface area is 104 Å². The lowest BCUT2D eigenvalue weighted by molar-refractivity contribution is -0.120. The summed E-state index contributed by atoms with van der Waals surface area (Å²) in [6.45, 7) is 10.1. The molecule has 0 fully saturated rings. The van der Waals surface area contributed by atoms with E-state index in [2.05, 4.69) is 20.8 Å². The molecule has 1 aliphatic rings. The van der Waals surface area contributed by atoms with E-state index in [4.69, 9.17) is 0 Å². The molecular weight excluding hydrogens is 212 g/mol. The zero-order chi connectivity index (χ0) is 13.2. The van der Waals surface area contributed by atoms with Gasteiger partial charge in [-0.3, -0.25) is 4.79 Å². The van der Waals surface area contributed by atoms with Gasteiger partial charge in [-0.15, -0.1) is 0 Å². The van der Waals surface area contributed by atoms with Crippen LogP contribution in [0.4, 0.5) is 0 Å². The van der Waals surface area contributed by atoms with Crippen molar-refractivity contribution in [2.75, 3.05) is 0 Å². The molecule has 1 aliphatic carbocycles. The Morgan fingerprint density at radius 1 is 1.47 bits per heavy atom. The van der Waals surface area contributed by atoms with Gasteiger partial charge in [0.1, 0.15) is 5.78 Å². The Morgan fingerprint density at radius 3 is 2.53 bits per heavy atom. The number of allylic oxidation sites excluding steroid dienone is 2. The van der Waals surface area contributed by atoms with Gasteiger partial charge >= 0.3 is 0 Å². The first-order valence-electron chi connectivity index (χ1n) is 6.35. The fourth-order valence-corrected chi connectivity index (χ4v) is 2.87. The monoisotopic (exact) mass is 236 g/mol. The number of carbonyl (C=O) groups is 1. The zero-order valence-electron chi connectivity index (χ0n) is 11.6. The van der Waals surface area contributed by atoms with Gasteiger partial charge in [0.05, 0.1) is 6.10 Å². The van der Waals surface area contributed by atoms with E-state index in [1.54, 1.807) is 0 Å². The summed E-state index contributed by atoms with van der Waals surface area (Å²) in [5.41, 5.74) is 3.21. The van der Waals surface area contributed by atoms with Crippen molar-refractivity contribution in [1.82, 2.24) is 0 Å². The lowest BCUT2D eigenvalue weighted by Crippen LogP contribution is -2.29. The predicted molar refractivity (Wildman–Crippen MR) is 70.8 cm³/mol. The van der Waals surface area contributed by atoms with Crippen molar-refractivity contribution in [3.8, 4) is 0 Å². The molecule has 1 rings (SSSR count). The lowest BCUT2D eigenvalue weighted by Gasteiger charge is -2.34. The average Bonchev–Trinajstić information content (AvgIpc) is 2.14. The fraction of sp³-hybridized carbons (Fsp3) is 0.667. The van der Waals surface area contributed by atoms with Gasteiger partial charge < -0.3 is 5.11 Å². The van der Waals surface area contributed by atoms with Crippen LogP contribution in [0.1, 0.15) is 53.9 Å². The van der Waals surface area contributed by atoms with Crippen molar-refractivity contribution in [2.45, 2.75) is 60.0 Å². The minimum absolute atomic E-state index is 0.242. The van der Waals surface area contributed by atoms with Crippen LogP contribution in [0.15, 0.2) is 22.8 Å². The Balaban J connectivity index is 2.98. The van der Waals surface area contributed by atoms with Gasteiger partial charge in [-0.2, -0.15) is 0 Å². The second-order valence-electron chi connectivity index (χ2n) is 5.78. The van der Waals surface area contributed by atoms with E-state index >= 15 is 0 Å². The average molecular weight is 236 g/mol. The van der Waals surface area contributed by atoms with Crippen LogP contribution in [0.3, 0.4) is 0 Å². The number of hydrogen-bond donors (Lipinski definition) is 1. The molecule has 0 saturated heterocycles. The van der Waals surface area contributed by atoms with Crippen molar-refractivity contribution in [2.24, 2.45) is 5.41 Å². The molecule has 96 valence electrons. The smallest absolute Gasteiger partial charge is 0.133 e. The molecule has 0 amide bonds. The van der Waals surface area contributed by atoms with Crippen LogP contribution in [0.5, 0.6) is 0 Å². The molecule has 0 aromatic rings. The maximum atomic E-state index is 11.6. The summed E-state index contributed by atoms with van der Waals surface area (Å²) in [4.78, 5) is 11.6. The van der Waals surface area contributed by atoms with Crippen LogP contribution in [0, 0.1) is 5.41 Å². The molecule has 0 bridgehead atoms. The third-order valence-electron chi connectivity index (χ3n) is 3.50. The highest BCUT2D eigenvalue weighted by Gasteiger charge is 2.32. The molecule has 17 heavy (non-hydrogen) atoms. The van der Waals surface area contributed by atoms with Crippen molar-refractivity contribution in [1.29, 1.82) is 0 Å². The van der Waals surface area contributed by atoms with Gasteiger partial charge in [-0.05, 0) is 31.3 Å². The predicted octanol–water partition coefficient (Wildman–Crippen LogP) is 3.41. The molecule has 1 atom stereocenters. The quantitative estimate of drug-likeness (QED) is 0.759. The third-order valence-corrected chi connectivity index (χ3v) is 3.50. The van der Waals surface area contributed by atoms with Crippen LogP contribution in [0.25, 0.3) is 0 Å². The Hall–Kier alpha value is -0.890. The first kappa shape index (κ1) is 14.2. The summed E-state index contributed by atoms with van der Waals surface area (Å²) in [7, 11) is 0. The lowest BCUT2D eigenvalue weighted by atomic mass is 9.72. The molecule has 0 saturated carbocycles. The van der Waals surface area contributed by atoms with E-state index in [0.717, 1.165) is 12.0 Å². The molecule has 0 spiro atoms. The van der Waals surface area contributed by atoms with Gasteiger partial charge in [0.2, 0.25) is 0 Å². The van der Waals surface area contributed by atoms with Crippen LogP contribution in [-0.4, -0.2) is 17.0 Å². The minimum atomic E-state index is -0.525. The van der Waals surface area contributed by atoms with E-state index in [-0.39, 0.29) is 11.2 Å². The number of rotatable bonds is 4. The molecule has 0 aromatic heterocycles. The molecule has 2 heteroatoms. The molecule has 2 nitrogen and oxygen atoms in total. The number of carbonyl (C=O) groups excluding carboxylic acids is 1. The summed E-state index contributed by atoms with van der Waals surface area (Å²) in [5, 5.41) is 10.2. The van der Waals surface area contributed by atoms with Gasteiger partial charge in [0.15, 0.2) is 0 Å². The number of aliphatic hydroxyl groups is 1. The van der Waals surface area contributed by atoms with Gasteiger partial charge in [0.25, 0.3) is 0 Å². The fourth-order valence-electron chi connectivity index (χ4n) is 2.87. The summed E-state index contributed by atoms with van der Waals surface area (Å²) in [5.74, 6) is 0.258. The molecule has 1 N–H and O–H groups in total. The summed E-state index contributed by atoms with van der Waals surface area (Å²) >= 11 is 0. The van der Waals surface area contributed by atoms with E-state index in [0.29, 0.717) is 12.8 Å². The number of aliphatic hydroxyl groups excluding tert-OH is 1. The molecule has 0 heterocycles. The number of hydrogen-bond acceptors (Lipinski definition) is 2.